The highest BCUT2D eigenvalue weighted by Crippen LogP contribution is 2.32. The van der Waals surface area contributed by atoms with E-state index in [1.54, 1.807) is 7.11 Å². The number of methoxy groups -OCH3 is 1. The first-order valence-electron chi connectivity index (χ1n) is 6.37. The lowest BCUT2D eigenvalue weighted by atomic mass is 10.0. The highest BCUT2D eigenvalue weighted by Gasteiger charge is 2.14. The van der Waals surface area contributed by atoms with Crippen molar-refractivity contribution in [1.29, 1.82) is 0 Å². The predicted octanol–water partition coefficient (Wildman–Crippen LogP) is 4.57. The molecule has 1 aromatic carbocycles. The number of benzene rings is 1. The van der Waals surface area contributed by atoms with Crippen LogP contribution in [0, 0.1) is 0 Å². The van der Waals surface area contributed by atoms with Gasteiger partial charge in [-0.2, -0.15) is 0 Å². The quantitative estimate of drug-likeness (QED) is 0.703. The van der Waals surface area contributed by atoms with E-state index in [1.165, 1.54) is 5.56 Å². The third-order valence-electron chi connectivity index (χ3n) is 2.90. The van der Waals surface area contributed by atoms with E-state index >= 15 is 0 Å². The Bertz CT molecular complexity index is 360. The van der Waals surface area contributed by atoms with E-state index < -0.39 is 0 Å². The van der Waals surface area contributed by atoms with Crippen molar-refractivity contribution < 1.29 is 4.74 Å². The SMILES string of the molecule is CCNC(CCCCOC)c1cccc(Br)c1Cl. The number of hydrogen-bond donors (Lipinski definition) is 1. The first kappa shape index (κ1) is 16.0. The zero-order valence-electron chi connectivity index (χ0n) is 11.0. The molecule has 0 amide bonds. The zero-order valence-corrected chi connectivity index (χ0v) is 13.4. The molecule has 4 heteroatoms. The maximum Gasteiger partial charge on any atom is 0.0595 e. The second-order valence-corrected chi connectivity index (χ2v) is 5.47. The van der Waals surface area contributed by atoms with Crippen LogP contribution in [0.15, 0.2) is 22.7 Å². The molecule has 1 unspecified atom stereocenters. The minimum atomic E-state index is 0.317. The molecule has 0 fully saturated rings. The van der Waals surface area contributed by atoms with E-state index in [-0.39, 0.29) is 0 Å². The summed E-state index contributed by atoms with van der Waals surface area (Å²) in [6.45, 7) is 3.89. The van der Waals surface area contributed by atoms with Crippen LogP contribution in [0.5, 0.6) is 0 Å². The molecule has 102 valence electrons. The molecular weight excluding hydrogens is 314 g/mol. The summed E-state index contributed by atoms with van der Waals surface area (Å²) in [5, 5.41) is 4.31. The van der Waals surface area contributed by atoms with E-state index in [4.69, 9.17) is 16.3 Å². The number of unbranched alkanes of at least 4 members (excludes halogenated alkanes) is 1. The molecule has 1 aromatic rings. The van der Waals surface area contributed by atoms with Gasteiger partial charge in [0.2, 0.25) is 0 Å². The van der Waals surface area contributed by atoms with Gasteiger partial charge in [-0.3, -0.25) is 0 Å². The molecule has 1 N–H and O–H groups in total. The maximum atomic E-state index is 6.35. The van der Waals surface area contributed by atoms with Gasteiger partial charge in [0, 0.05) is 24.2 Å². The molecule has 0 radical (unpaired) electrons. The second kappa shape index (κ2) is 8.92. The molecule has 2 nitrogen and oxygen atoms in total. The van der Waals surface area contributed by atoms with Crippen LogP contribution in [0.25, 0.3) is 0 Å². The van der Waals surface area contributed by atoms with E-state index in [2.05, 4.69) is 34.2 Å². The van der Waals surface area contributed by atoms with Crippen molar-refractivity contribution in [3.8, 4) is 0 Å². The van der Waals surface area contributed by atoms with Crippen molar-refractivity contribution in [2.45, 2.75) is 32.2 Å². The van der Waals surface area contributed by atoms with Crippen LogP contribution in [0.2, 0.25) is 5.02 Å². The number of rotatable bonds is 8. The van der Waals surface area contributed by atoms with Crippen molar-refractivity contribution in [1.82, 2.24) is 5.32 Å². The summed E-state index contributed by atoms with van der Waals surface area (Å²) >= 11 is 9.83. The average molecular weight is 335 g/mol. The lowest BCUT2D eigenvalue weighted by Crippen LogP contribution is -2.21. The van der Waals surface area contributed by atoms with Gasteiger partial charge in [0.25, 0.3) is 0 Å². The molecule has 0 aliphatic heterocycles. The largest absolute Gasteiger partial charge is 0.385 e. The van der Waals surface area contributed by atoms with Gasteiger partial charge in [-0.1, -0.05) is 30.7 Å². The number of ether oxygens (including phenoxy) is 1. The Morgan fingerprint density at radius 2 is 2.17 bits per heavy atom. The Labute approximate surface area is 123 Å². The Morgan fingerprint density at radius 3 is 2.83 bits per heavy atom. The summed E-state index contributed by atoms with van der Waals surface area (Å²) < 4.78 is 6.04. The normalized spacial score (nSPS) is 12.7. The minimum Gasteiger partial charge on any atom is -0.385 e. The van der Waals surface area contributed by atoms with Crippen LogP contribution >= 0.6 is 27.5 Å². The van der Waals surface area contributed by atoms with Crippen LogP contribution in [-0.2, 0) is 4.74 Å². The first-order chi connectivity index (χ1) is 8.70. The molecule has 0 bridgehead atoms. The van der Waals surface area contributed by atoms with Crippen LogP contribution in [0.3, 0.4) is 0 Å². The van der Waals surface area contributed by atoms with Crippen LogP contribution < -0.4 is 5.32 Å². The second-order valence-electron chi connectivity index (χ2n) is 4.24. The summed E-state index contributed by atoms with van der Waals surface area (Å²) in [6.07, 6.45) is 3.30. The fraction of sp³-hybridized carbons (Fsp3) is 0.571. The topological polar surface area (TPSA) is 21.3 Å². The lowest BCUT2D eigenvalue weighted by molar-refractivity contribution is 0.191. The summed E-state index contributed by atoms with van der Waals surface area (Å²) in [5.74, 6) is 0. The van der Waals surface area contributed by atoms with Gasteiger partial charge in [-0.25, -0.2) is 0 Å². The monoisotopic (exact) mass is 333 g/mol. The average Bonchev–Trinajstić information content (AvgIpc) is 2.37. The Balaban J connectivity index is 2.68. The molecule has 0 aliphatic carbocycles. The highest BCUT2D eigenvalue weighted by atomic mass is 79.9. The van der Waals surface area contributed by atoms with Crippen molar-refractivity contribution in [2.24, 2.45) is 0 Å². The molecule has 0 saturated carbocycles. The summed E-state index contributed by atoms with van der Waals surface area (Å²) in [7, 11) is 1.74. The Kier molecular flexibility index (Phi) is 7.91. The van der Waals surface area contributed by atoms with Gasteiger partial charge in [0.1, 0.15) is 0 Å². The standard InChI is InChI=1S/C14H21BrClNO/c1-3-17-13(9-4-5-10-18-2)11-7-6-8-12(15)14(11)16/h6-8,13,17H,3-5,9-10H2,1-2H3. The van der Waals surface area contributed by atoms with Gasteiger partial charge in [-0.05, 0) is 53.4 Å². The fourth-order valence-corrected chi connectivity index (χ4v) is 2.64. The molecule has 18 heavy (non-hydrogen) atoms. The number of hydrogen-bond acceptors (Lipinski definition) is 2. The molecule has 1 atom stereocenters. The molecular formula is C14H21BrClNO. The zero-order chi connectivity index (χ0) is 13.4. The number of nitrogens with one attached hydrogen (secondary N) is 1. The minimum absolute atomic E-state index is 0.317. The lowest BCUT2D eigenvalue weighted by Gasteiger charge is -2.20. The predicted molar refractivity (Wildman–Crippen MR) is 81.3 cm³/mol. The van der Waals surface area contributed by atoms with Crippen LogP contribution in [-0.4, -0.2) is 20.3 Å². The third kappa shape index (κ3) is 4.88. The van der Waals surface area contributed by atoms with Crippen molar-refractivity contribution >= 4 is 27.5 Å². The van der Waals surface area contributed by atoms with Gasteiger partial charge >= 0.3 is 0 Å². The first-order valence-corrected chi connectivity index (χ1v) is 7.54. The van der Waals surface area contributed by atoms with Crippen molar-refractivity contribution in [2.75, 3.05) is 20.3 Å². The van der Waals surface area contributed by atoms with Gasteiger partial charge in [0.05, 0.1) is 5.02 Å². The Hall–Kier alpha value is -0.0900. The van der Waals surface area contributed by atoms with E-state index in [1.807, 2.05) is 12.1 Å². The van der Waals surface area contributed by atoms with Crippen LogP contribution in [0.4, 0.5) is 0 Å². The van der Waals surface area contributed by atoms with E-state index in [0.29, 0.717) is 6.04 Å². The van der Waals surface area contributed by atoms with E-state index in [0.717, 1.165) is 41.9 Å². The summed E-state index contributed by atoms with van der Waals surface area (Å²) in [6, 6.07) is 6.42. The maximum absolute atomic E-state index is 6.35. The van der Waals surface area contributed by atoms with E-state index in [9.17, 15) is 0 Å². The van der Waals surface area contributed by atoms with Gasteiger partial charge in [-0.15, -0.1) is 0 Å². The van der Waals surface area contributed by atoms with Crippen molar-refractivity contribution in [3.05, 3.63) is 33.3 Å². The van der Waals surface area contributed by atoms with Gasteiger partial charge < -0.3 is 10.1 Å². The summed E-state index contributed by atoms with van der Waals surface area (Å²) in [5.41, 5.74) is 1.17. The van der Waals surface area contributed by atoms with Gasteiger partial charge in [0.15, 0.2) is 0 Å². The molecule has 0 aromatic heterocycles. The Morgan fingerprint density at radius 1 is 1.39 bits per heavy atom. The third-order valence-corrected chi connectivity index (χ3v) is 4.21. The van der Waals surface area contributed by atoms with Crippen molar-refractivity contribution in [3.63, 3.8) is 0 Å². The number of halogens is 2. The summed E-state index contributed by atoms with van der Waals surface area (Å²) in [4.78, 5) is 0. The molecule has 0 spiro atoms. The molecule has 0 saturated heterocycles. The molecule has 0 heterocycles. The molecule has 0 aliphatic rings. The smallest absolute Gasteiger partial charge is 0.0595 e. The fourth-order valence-electron chi connectivity index (χ4n) is 2.00. The van der Waals surface area contributed by atoms with Crippen LogP contribution in [0.1, 0.15) is 37.8 Å². The molecule has 1 rings (SSSR count). The highest BCUT2D eigenvalue weighted by molar-refractivity contribution is 9.10.